The Hall–Kier alpha value is -5.03. The van der Waals surface area contributed by atoms with Gasteiger partial charge >= 0.3 is 5.97 Å². The minimum absolute atomic E-state index is 0. The number of esters is 1. The molecule has 1 aromatic carbocycles. The normalized spacial score (nSPS) is 8.62. The molecule has 0 aliphatic carbocycles. The highest BCUT2D eigenvalue weighted by atomic mass is 16.5. The molecule has 3 nitrogen and oxygen atoms in total. The van der Waals surface area contributed by atoms with Crippen LogP contribution in [-0.2, 0) is 15.6 Å². The second-order valence-electron chi connectivity index (χ2n) is 8.68. The maximum absolute atomic E-state index is 12.5. The Balaban J connectivity index is -0.0000000516. The smallest absolute Gasteiger partial charge is 0.352 e. The van der Waals surface area contributed by atoms with Gasteiger partial charge in [0, 0.05) is 75.4 Å². The van der Waals surface area contributed by atoms with E-state index in [0.29, 0.717) is 16.7 Å². The molecule has 0 spiro atoms. The number of hydrogen-bond donors (Lipinski definition) is 1. The summed E-state index contributed by atoms with van der Waals surface area (Å²) in [4.78, 5) is 12.5. The van der Waals surface area contributed by atoms with E-state index in [9.17, 15) is 9.90 Å². The molecule has 0 unspecified atom stereocenters. The van der Waals surface area contributed by atoms with Crippen LogP contribution in [0.1, 0.15) is 85.9 Å². The third-order valence-corrected chi connectivity index (χ3v) is 3.98. The van der Waals surface area contributed by atoms with Gasteiger partial charge in [-0.15, -0.1) is 6.42 Å². The number of hydrogen-bond acceptors (Lipinski definition) is 3. The number of rotatable bonds is 1. The predicted molar refractivity (Wildman–Crippen MR) is 168 cm³/mol. The lowest BCUT2D eigenvalue weighted by Crippen LogP contribution is -2.19. The summed E-state index contributed by atoms with van der Waals surface area (Å²) >= 11 is 0. The molecule has 0 aliphatic heterocycles. The Morgan fingerprint density at radius 1 is 0.735 bits per heavy atom. The summed E-state index contributed by atoms with van der Waals surface area (Å²) in [5.41, 5.74) is 0.888. The van der Waals surface area contributed by atoms with Gasteiger partial charge in [-0.3, -0.25) is 0 Å². The Labute approximate surface area is 226 Å². The van der Waals surface area contributed by atoms with Gasteiger partial charge in [0.1, 0.15) is 11.9 Å². The molecule has 0 aromatic heterocycles. The fourth-order valence-electron chi connectivity index (χ4n) is 2.43. The van der Waals surface area contributed by atoms with Crippen molar-refractivity contribution < 1.29 is 37.5 Å². The zero-order valence-electron chi connectivity index (χ0n) is 20.0. The molecule has 1 N–H and O–H groups in total. The summed E-state index contributed by atoms with van der Waals surface area (Å²) in [6.07, 6.45) is 7.19. The molecule has 3 heteroatoms. The molecule has 0 radical (unpaired) electrons. The molecule has 0 bridgehead atoms. The molecular formula is C31H54O3. The highest BCUT2D eigenvalue weighted by Crippen LogP contribution is 2.39. The number of terminal acetylenes is 1. The van der Waals surface area contributed by atoms with E-state index in [0.717, 1.165) is 0 Å². The predicted octanol–water partition coefficient (Wildman–Crippen LogP) is 7.69. The average Bonchev–Trinajstić information content (AvgIpc) is 2.74. The van der Waals surface area contributed by atoms with Gasteiger partial charge in [-0.05, 0) is 64.4 Å². The fourth-order valence-corrected chi connectivity index (χ4v) is 2.43. The van der Waals surface area contributed by atoms with Crippen LogP contribution in [0.5, 0.6) is 5.75 Å². The topological polar surface area (TPSA) is 46.5 Å². The van der Waals surface area contributed by atoms with Gasteiger partial charge in [0.05, 0.1) is 5.56 Å². The van der Waals surface area contributed by atoms with Crippen molar-refractivity contribution in [2.24, 2.45) is 0 Å². The SMILES string of the molecule is C#CC#CC#CC#CC#CC#CC#CC#COC(=O)c1cc(C(C)(C)C)c(O)c(C(C)(C)C)c1.[HH].[HH].[HH].[HH].[HH].[HH].[HH].[HH].[HH].[HH].[HH].[HH].[HH].[HH].[HH].[HH]. The summed E-state index contributed by atoms with van der Waals surface area (Å²) in [6.45, 7) is 11.8. The number of phenolic OH excluding ortho intramolecular Hbond substituents is 1. The number of aromatic hydroxyl groups is 1. The van der Waals surface area contributed by atoms with Crippen LogP contribution < -0.4 is 0 Å². The Kier molecular flexibility index (Phi) is 10.1. The van der Waals surface area contributed by atoms with Gasteiger partial charge < -0.3 is 9.84 Å². The lowest BCUT2D eigenvalue weighted by atomic mass is 9.78. The van der Waals surface area contributed by atoms with Gasteiger partial charge in [-0.1, -0.05) is 41.5 Å². The van der Waals surface area contributed by atoms with Crippen LogP contribution in [0.15, 0.2) is 12.1 Å². The van der Waals surface area contributed by atoms with E-state index in [1.165, 1.54) is 0 Å². The first-order valence-corrected chi connectivity index (χ1v) is 10.0. The van der Waals surface area contributed by atoms with E-state index in [4.69, 9.17) is 11.2 Å². The van der Waals surface area contributed by atoms with Crippen LogP contribution in [0.25, 0.3) is 0 Å². The molecule has 1 aromatic rings. The standard InChI is InChI=1S/C31H22O3.16H2/c1-8-9-10-11-12-13-14-15-16-17-18-19-20-21-22-34-29(33)25-23-26(30(2,3)4)28(32)27(24-25)31(5,6)7;;;;;;;;;;;;;;;;/h1,23-24,32H,2-7H3;16*1H. The van der Waals surface area contributed by atoms with Crippen molar-refractivity contribution in [2.45, 2.75) is 52.4 Å². The molecule has 1 rings (SSSR count). The minimum Gasteiger partial charge on any atom is -0.507 e. The summed E-state index contributed by atoms with van der Waals surface area (Å²) in [5, 5.41) is 10.7. The van der Waals surface area contributed by atoms with Crippen molar-refractivity contribution >= 4 is 5.97 Å². The molecule has 196 valence electrons. The fraction of sp³-hybridized carbons (Fsp3) is 0.258. The number of carbonyl (C=O) groups is 1. The minimum atomic E-state index is -0.630. The summed E-state index contributed by atoms with van der Waals surface area (Å²) in [6, 6.07) is 3.26. The van der Waals surface area contributed by atoms with E-state index < -0.39 is 5.97 Å². The first-order valence-electron chi connectivity index (χ1n) is 10.0. The maximum atomic E-state index is 12.5. The second kappa shape index (κ2) is 12.7. The van der Waals surface area contributed by atoms with Crippen molar-refractivity contribution in [3.05, 3.63) is 28.8 Å². The summed E-state index contributed by atoms with van der Waals surface area (Å²) < 4.78 is 5.00. The largest absolute Gasteiger partial charge is 0.507 e. The second-order valence-corrected chi connectivity index (χ2v) is 8.68. The molecule has 0 aliphatic rings. The van der Waals surface area contributed by atoms with Crippen molar-refractivity contribution in [1.29, 1.82) is 0 Å². The third kappa shape index (κ3) is 9.41. The van der Waals surface area contributed by atoms with Crippen LogP contribution in [0.2, 0.25) is 0 Å². The first kappa shape index (κ1) is 27.0. The Morgan fingerprint density at radius 2 is 1.09 bits per heavy atom. The monoisotopic (exact) mass is 474 g/mol. The van der Waals surface area contributed by atoms with Gasteiger partial charge in [0.15, 0.2) is 0 Å². The van der Waals surface area contributed by atoms with E-state index in [-0.39, 0.29) is 39.4 Å². The van der Waals surface area contributed by atoms with Gasteiger partial charge in [0.2, 0.25) is 0 Å². The molecular weight excluding hydrogens is 420 g/mol. The van der Waals surface area contributed by atoms with Crippen LogP contribution in [-0.4, -0.2) is 11.1 Å². The number of carbonyl (C=O) groups excluding carboxylic acids is 1. The quantitative estimate of drug-likeness (QED) is 0.335. The Morgan fingerprint density at radius 3 is 1.44 bits per heavy atom. The molecule has 0 saturated heterocycles. The average molecular weight is 475 g/mol. The molecule has 0 amide bonds. The lowest BCUT2D eigenvalue weighted by molar-refractivity contribution is 0.0690. The van der Waals surface area contributed by atoms with Crippen LogP contribution >= 0.6 is 0 Å². The summed E-state index contributed by atoms with van der Waals surface area (Å²) in [5.74, 6) is 33.5. The highest BCUT2D eigenvalue weighted by molar-refractivity contribution is 5.91. The molecule has 34 heavy (non-hydrogen) atoms. The van der Waals surface area contributed by atoms with Crippen molar-refractivity contribution in [2.75, 3.05) is 0 Å². The van der Waals surface area contributed by atoms with Crippen LogP contribution in [0, 0.1) is 95.4 Å². The highest BCUT2D eigenvalue weighted by Gasteiger charge is 2.28. The molecule has 0 fully saturated rings. The van der Waals surface area contributed by atoms with Crippen molar-refractivity contribution in [1.82, 2.24) is 0 Å². The number of benzene rings is 1. The zero-order valence-corrected chi connectivity index (χ0v) is 20.0. The summed E-state index contributed by atoms with van der Waals surface area (Å²) in [7, 11) is 0. The van der Waals surface area contributed by atoms with Crippen molar-refractivity contribution in [3.8, 4) is 101 Å². The van der Waals surface area contributed by atoms with Crippen LogP contribution in [0.3, 0.4) is 0 Å². The van der Waals surface area contributed by atoms with Gasteiger partial charge in [-0.2, -0.15) is 0 Å². The van der Waals surface area contributed by atoms with Gasteiger partial charge in [0.25, 0.3) is 0 Å². The molecule has 0 heterocycles. The van der Waals surface area contributed by atoms with Crippen molar-refractivity contribution in [3.63, 3.8) is 0 Å². The van der Waals surface area contributed by atoms with Crippen LogP contribution in [0.4, 0.5) is 0 Å². The molecule has 0 saturated carbocycles. The zero-order chi connectivity index (χ0) is 25.6. The van der Waals surface area contributed by atoms with Gasteiger partial charge in [-0.25, -0.2) is 4.79 Å². The lowest BCUT2D eigenvalue weighted by Gasteiger charge is -2.27. The van der Waals surface area contributed by atoms with E-state index >= 15 is 0 Å². The first-order chi connectivity index (χ1) is 16.0. The third-order valence-electron chi connectivity index (χ3n) is 3.98. The number of ether oxygens (including phenoxy) is 1. The Bertz CT molecular complexity index is 1460. The van der Waals surface area contributed by atoms with E-state index in [1.54, 1.807) is 12.1 Å². The molecule has 0 atom stereocenters. The van der Waals surface area contributed by atoms with E-state index in [2.05, 4.69) is 89.0 Å². The number of phenols is 1. The maximum Gasteiger partial charge on any atom is 0.352 e. The van der Waals surface area contributed by atoms with E-state index in [1.807, 2.05) is 41.5 Å².